The van der Waals surface area contributed by atoms with Crippen LogP contribution in [0.4, 0.5) is 15.8 Å². The molecule has 0 aliphatic carbocycles. The van der Waals surface area contributed by atoms with Gasteiger partial charge < -0.3 is 4.90 Å². The number of halogens is 1. The van der Waals surface area contributed by atoms with Gasteiger partial charge in [0.1, 0.15) is 11.5 Å². The molecular formula is C21H23FN3O+. The van der Waals surface area contributed by atoms with Crippen LogP contribution in [0.3, 0.4) is 0 Å². The second-order valence-electron chi connectivity index (χ2n) is 7.28. The number of quaternary nitrogens is 1. The van der Waals surface area contributed by atoms with Crippen molar-refractivity contribution in [1.29, 1.82) is 0 Å². The first-order valence-corrected chi connectivity index (χ1v) is 9.21. The molecule has 26 heavy (non-hydrogen) atoms. The Kier molecular flexibility index (Phi) is 4.55. The minimum atomic E-state index is -0.309. The summed E-state index contributed by atoms with van der Waals surface area (Å²) in [5, 5.41) is 0. The highest BCUT2D eigenvalue weighted by molar-refractivity contribution is 6.54. The first-order valence-electron chi connectivity index (χ1n) is 9.21. The molecule has 2 aromatic rings. The highest BCUT2D eigenvalue weighted by atomic mass is 19.1. The summed E-state index contributed by atoms with van der Waals surface area (Å²) in [6, 6.07) is 13.7. The second kappa shape index (κ2) is 7.00. The predicted molar refractivity (Wildman–Crippen MR) is 100 cm³/mol. The van der Waals surface area contributed by atoms with Crippen LogP contribution in [0.15, 0.2) is 53.5 Å². The summed E-state index contributed by atoms with van der Waals surface area (Å²) in [5.41, 5.74) is 2.80. The van der Waals surface area contributed by atoms with Gasteiger partial charge in [-0.3, -0.25) is 9.69 Å². The van der Waals surface area contributed by atoms with Crippen molar-refractivity contribution in [2.75, 3.05) is 24.7 Å². The van der Waals surface area contributed by atoms with E-state index in [4.69, 9.17) is 0 Å². The number of rotatable bonds is 3. The van der Waals surface area contributed by atoms with E-state index in [-0.39, 0.29) is 11.7 Å². The number of hydrogen-bond donors (Lipinski definition) is 1. The van der Waals surface area contributed by atoms with Crippen LogP contribution in [-0.2, 0) is 4.79 Å². The van der Waals surface area contributed by atoms with Crippen LogP contribution in [-0.4, -0.2) is 31.4 Å². The van der Waals surface area contributed by atoms with Crippen molar-refractivity contribution in [3.63, 3.8) is 0 Å². The molecule has 5 heteroatoms. The summed E-state index contributed by atoms with van der Waals surface area (Å²) in [4.78, 5) is 20.9. The number of fused-ring (bicyclic) bond motifs is 1. The third-order valence-corrected chi connectivity index (χ3v) is 5.33. The molecule has 1 amide bonds. The van der Waals surface area contributed by atoms with Crippen molar-refractivity contribution in [3.8, 4) is 0 Å². The number of para-hydroxylation sites is 1. The maximum absolute atomic E-state index is 13.1. The van der Waals surface area contributed by atoms with Crippen LogP contribution in [0.2, 0.25) is 0 Å². The molecule has 0 radical (unpaired) electrons. The molecule has 1 N–H and O–H groups in total. The van der Waals surface area contributed by atoms with Gasteiger partial charge in [0, 0.05) is 5.56 Å². The molecular weight excluding hydrogens is 329 g/mol. The molecule has 0 spiro atoms. The Hall–Kier alpha value is -2.53. The topological polar surface area (TPSA) is 37.1 Å². The first kappa shape index (κ1) is 16.9. The van der Waals surface area contributed by atoms with Crippen molar-refractivity contribution >= 4 is 23.0 Å². The lowest BCUT2D eigenvalue weighted by Gasteiger charge is -2.30. The molecule has 134 valence electrons. The summed E-state index contributed by atoms with van der Waals surface area (Å²) in [7, 11) is 0. The summed E-state index contributed by atoms with van der Waals surface area (Å²) in [6.07, 6.45) is 2.41. The molecule has 1 saturated heterocycles. The van der Waals surface area contributed by atoms with E-state index in [0.717, 1.165) is 30.3 Å². The zero-order chi connectivity index (χ0) is 18.1. The highest BCUT2D eigenvalue weighted by Gasteiger charge is 2.36. The lowest BCUT2D eigenvalue weighted by molar-refractivity contribution is -0.904. The van der Waals surface area contributed by atoms with Gasteiger partial charge in [-0.25, -0.2) is 9.38 Å². The Morgan fingerprint density at radius 2 is 1.81 bits per heavy atom. The molecule has 0 bridgehead atoms. The summed E-state index contributed by atoms with van der Waals surface area (Å²) < 4.78 is 13.1. The maximum atomic E-state index is 13.1. The van der Waals surface area contributed by atoms with Crippen molar-refractivity contribution in [3.05, 3.63) is 59.9 Å². The molecule has 2 aromatic carbocycles. The van der Waals surface area contributed by atoms with E-state index in [1.54, 1.807) is 12.1 Å². The zero-order valence-electron chi connectivity index (χ0n) is 14.9. The summed E-state index contributed by atoms with van der Waals surface area (Å²) >= 11 is 0. The molecule has 0 aromatic heterocycles. The SMILES string of the molecule is CC1CC[NH+](CN2C(=O)C(=Nc3ccc(F)cc3)c3ccccc32)CC1. The van der Waals surface area contributed by atoms with Crippen LogP contribution in [0.5, 0.6) is 0 Å². The number of piperidine rings is 1. The molecule has 0 saturated carbocycles. The van der Waals surface area contributed by atoms with Gasteiger partial charge in [-0.2, -0.15) is 0 Å². The number of nitrogens with zero attached hydrogens (tertiary/aromatic N) is 2. The number of benzene rings is 2. The zero-order valence-corrected chi connectivity index (χ0v) is 14.9. The highest BCUT2D eigenvalue weighted by Crippen LogP contribution is 2.30. The Labute approximate surface area is 153 Å². The molecule has 0 unspecified atom stereocenters. The third-order valence-electron chi connectivity index (χ3n) is 5.33. The van der Waals surface area contributed by atoms with Crippen LogP contribution in [0, 0.1) is 11.7 Å². The Balaban J connectivity index is 1.63. The van der Waals surface area contributed by atoms with Crippen LogP contribution in [0.1, 0.15) is 25.3 Å². The number of likely N-dealkylation sites (tertiary alicyclic amines) is 1. The quantitative estimate of drug-likeness (QED) is 0.906. The molecule has 1 fully saturated rings. The fourth-order valence-electron chi connectivity index (χ4n) is 3.72. The predicted octanol–water partition coefficient (Wildman–Crippen LogP) is 2.57. The fourth-order valence-corrected chi connectivity index (χ4v) is 3.72. The van der Waals surface area contributed by atoms with Gasteiger partial charge in [0.15, 0.2) is 6.67 Å². The van der Waals surface area contributed by atoms with Crippen molar-refractivity contribution < 1.29 is 14.1 Å². The van der Waals surface area contributed by atoms with E-state index in [2.05, 4.69) is 11.9 Å². The number of hydrogen-bond acceptors (Lipinski definition) is 2. The number of aliphatic imine (C=N–C) groups is 1. The Morgan fingerprint density at radius 3 is 2.54 bits per heavy atom. The van der Waals surface area contributed by atoms with E-state index in [9.17, 15) is 9.18 Å². The van der Waals surface area contributed by atoms with Gasteiger partial charge in [-0.05, 0) is 49.1 Å². The van der Waals surface area contributed by atoms with E-state index >= 15 is 0 Å². The number of anilines is 1. The number of amides is 1. The van der Waals surface area contributed by atoms with Gasteiger partial charge >= 0.3 is 0 Å². The smallest absolute Gasteiger partial charge is 0.281 e. The van der Waals surface area contributed by atoms with Crippen molar-refractivity contribution in [1.82, 2.24) is 0 Å². The molecule has 0 atom stereocenters. The third kappa shape index (κ3) is 3.27. The van der Waals surface area contributed by atoms with Gasteiger partial charge in [-0.15, -0.1) is 0 Å². The van der Waals surface area contributed by atoms with Crippen molar-refractivity contribution in [2.45, 2.75) is 19.8 Å². The number of carbonyl (C=O) groups excluding carboxylic acids is 1. The van der Waals surface area contributed by atoms with Crippen LogP contribution < -0.4 is 9.80 Å². The average Bonchev–Trinajstić information content (AvgIpc) is 2.91. The van der Waals surface area contributed by atoms with Crippen LogP contribution >= 0.6 is 0 Å². The first-order chi connectivity index (χ1) is 12.6. The fraction of sp³-hybridized carbons (Fsp3) is 0.333. The van der Waals surface area contributed by atoms with Crippen LogP contribution in [0.25, 0.3) is 0 Å². The van der Waals surface area contributed by atoms with E-state index < -0.39 is 0 Å². The molecule has 2 aliphatic rings. The summed E-state index contributed by atoms with van der Waals surface area (Å²) in [6.45, 7) is 5.15. The normalized spacial score (nSPS) is 24.2. The minimum absolute atomic E-state index is 0.0679. The second-order valence-corrected chi connectivity index (χ2v) is 7.28. The molecule has 2 aliphatic heterocycles. The maximum Gasteiger partial charge on any atom is 0.281 e. The average molecular weight is 352 g/mol. The number of nitrogens with one attached hydrogen (secondary N) is 1. The molecule has 2 heterocycles. The standard InChI is InChI=1S/C21H22FN3O/c1-15-10-12-24(13-11-15)14-25-19-5-3-2-4-18(19)20(21(25)26)23-17-8-6-16(22)7-9-17/h2-9,15H,10-14H2,1H3/p+1. The molecule has 4 nitrogen and oxygen atoms in total. The number of carbonyl (C=O) groups is 1. The summed E-state index contributed by atoms with van der Waals surface area (Å²) in [5.74, 6) is 0.397. The largest absolute Gasteiger partial charge is 0.317 e. The Bertz CT molecular complexity index is 839. The van der Waals surface area contributed by atoms with Gasteiger partial charge in [-0.1, -0.05) is 25.1 Å². The van der Waals surface area contributed by atoms with Gasteiger partial charge in [0.2, 0.25) is 0 Å². The van der Waals surface area contributed by atoms with E-state index in [0.29, 0.717) is 18.1 Å². The lowest BCUT2D eigenvalue weighted by Crippen LogP contribution is -3.14. The minimum Gasteiger partial charge on any atom is -0.317 e. The molecule has 4 rings (SSSR count). The van der Waals surface area contributed by atoms with Gasteiger partial charge in [0.25, 0.3) is 5.91 Å². The van der Waals surface area contributed by atoms with Crippen molar-refractivity contribution in [2.24, 2.45) is 10.9 Å². The Morgan fingerprint density at radius 1 is 1.12 bits per heavy atom. The van der Waals surface area contributed by atoms with E-state index in [1.165, 1.54) is 29.9 Å². The lowest BCUT2D eigenvalue weighted by atomic mass is 10.00. The van der Waals surface area contributed by atoms with Gasteiger partial charge in [0.05, 0.1) is 24.5 Å². The van der Waals surface area contributed by atoms with E-state index in [1.807, 2.05) is 29.2 Å². The monoisotopic (exact) mass is 352 g/mol.